The Balaban J connectivity index is 2.00. The Hall–Kier alpha value is -2.18. The van der Waals surface area contributed by atoms with Crippen molar-refractivity contribution in [3.05, 3.63) is 65.2 Å². The third-order valence-corrected chi connectivity index (χ3v) is 6.18. The van der Waals surface area contributed by atoms with Crippen molar-refractivity contribution in [2.24, 2.45) is 0 Å². The highest BCUT2D eigenvalue weighted by atomic mass is 32.2. The number of amides is 1. The van der Waals surface area contributed by atoms with Gasteiger partial charge in [-0.1, -0.05) is 48.9 Å². The van der Waals surface area contributed by atoms with Gasteiger partial charge in [-0.15, -0.1) is 0 Å². The molecule has 0 fully saturated rings. The van der Waals surface area contributed by atoms with Crippen LogP contribution in [-0.4, -0.2) is 32.2 Å². The van der Waals surface area contributed by atoms with Gasteiger partial charge in [0.2, 0.25) is 15.9 Å². The van der Waals surface area contributed by atoms with Gasteiger partial charge in [0.1, 0.15) is 0 Å². The Morgan fingerprint density at radius 1 is 1.08 bits per heavy atom. The standard InChI is InChI=1S/C20H26N2O3S/c1-5-17-8-10-18(11-9-17)16(3)21-20(23)14-22(4)26(24,25)19-12-6-15(2)7-13-19/h6-13,16H,5,14H2,1-4H3,(H,21,23). The van der Waals surface area contributed by atoms with E-state index in [2.05, 4.69) is 12.2 Å². The third-order valence-electron chi connectivity index (χ3n) is 4.36. The number of hydrogen-bond donors (Lipinski definition) is 1. The Morgan fingerprint density at radius 3 is 2.19 bits per heavy atom. The minimum Gasteiger partial charge on any atom is -0.348 e. The van der Waals surface area contributed by atoms with Crippen molar-refractivity contribution >= 4 is 15.9 Å². The van der Waals surface area contributed by atoms with Crippen LogP contribution in [0.4, 0.5) is 0 Å². The fraction of sp³-hybridized carbons (Fsp3) is 0.350. The maximum atomic E-state index is 12.6. The van der Waals surface area contributed by atoms with Crippen LogP contribution in [0, 0.1) is 6.92 Å². The zero-order valence-electron chi connectivity index (χ0n) is 15.7. The molecule has 26 heavy (non-hydrogen) atoms. The third kappa shape index (κ3) is 4.93. The van der Waals surface area contributed by atoms with E-state index in [9.17, 15) is 13.2 Å². The number of hydrogen-bond acceptors (Lipinski definition) is 3. The molecule has 0 radical (unpaired) electrons. The van der Waals surface area contributed by atoms with Crippen LogP contribution in [0.1, 0.15) is 36.6 Å². The van der Waals surface area contributed by atoms with Gasteiger partial charge in [0, 0.05) is 7.05 Å². The van der Waals surface area contributed by atoms with Gasteiger partial charge >= 0.3 is 0 Å². The molecule has 0 spiro atoms. The lowest BCUT2D eigenvalue weighted by Crippen LogP contribution is -2.39. The molecule has 0 aromatic heterocycles. The van der Waals surface area contributed by atoms with Crippen molar-refractivity contribution in [1.29, 1.82) is 0 Å². The van der Waals surface area contributed by atoms with Crippen molar-refractivity contribution in [3.8, 4) is 0 Å². The highest BCUT2D eigenvalue weighted by Crippen LogP contribution is 2.16. The molecule has 0 bridgehead atoms. The summed E-state index contributed by atoms with van der Waals surface area (Å²) in [6.45, 7) is 5.63. The first-order chi connectivity index (χ1) is 12.2. The summed E-state index contributed by atoms with van der Waals surface area (Å²) in [5.74, 6) is -0.338. The molecular formula is C20H26N2O3S. The van der Waals surface area contributed by atoms with Gasteiger partial charge in [-0.05, 0) is 43.5 Å². The number of aryl methyl sites for hydroxylation is 2. The summed E-state index contributed by atoms with van der Waals surface area (Å²) in [7, 11) is -2.28. The van der Waals surface area contributed by atoms with E-state index < -0.39 is 10.0 Å². The molecule has 0 aliphatic rings. The Morgan fingerprint density at radius 2 is 1.65 bits per heavy atom. The summed E-state index contributed by atoms with van der Waals surface area (Å²) in [6.07, 6.45) is 0.961. The fourth-order valence-corrected chi connectivity index (χ4v) is 3.72. The lowest BCUT2D eigenvalue weighted by atomic mass is 10.1. The van der Waals surface area contributed by atoms with Crippen LogP contribution in [0.2, 0.25) is 0 Å². The smallest absolute Gasteiger partial charge is 0.243 e. The second-order valence-electron chi connectivity index (χ2n) is 6.46. The quantitative estimate of drug-likeness (QED) is 0.810. The summed E-state index contributed by atoms with van der Waals surface area (Å²) in [6, 6.07) is 14.4. The SMILES string of the molecule is CCc1ccc(C(C)NC(=O)CN(C)S(=O)(=O)c2ccc(C)cc2)cc1. The number of benzene rings is 2. The molecule has 0 saturated carbocycles. The normalized spacial score (nSPS) is 12.8. The van der Waals surface area contributed by atoms with Crippen molar-refractivity contribution < 1.29 is 13.2 Å². The van der Waals surface area contributed by atoms with E-state index >= 15 is 0 Å². The number of nitrogens with one attached hydrogen (secondary N) is 1. The number of carbonyl (C=O) groups excluding carboxylic acids is 1. The first kappa shape index (κ1) is 20.1. The zero-order chi connectivity index (χ0) is 19.3. The number of carbonyl (C=O) groups is 1. The Labute approximate surface area is 156 Å². The van der Waals surface area contributed by atoms with Crippen molar-refractivity contribution in [2.75, 3.05) is 13.6 Å². The predicted octanol–water partition coefficient (Wildman–Crippen LogP) is 3.06. The maximum Gasteiger partial charge on any atom is 0.243 e. The van der Waals surface area contributed by atoms with E-state index in [1.807, 2.05) is 38.1 Å². The summed E-state index contributed by atoms with van der Waals surface area (Å²) in [5.41, 5.74) is 3.20. The first-order valence-electron chi connectivity index (χ1n) is 8.65. The van der Waals surface area contributed by atoms with Crippen LogP contribution < -0.4 is 5.32 Å². The van der Waals surface area contributed by atoms with E-state index in [4.69, 9.17) is 0 Å². The van der Waals surface area contributed by atoms with Crippen LogP contribution in [-0.2, 0) is 21.2 Å². The van der Waals surface area contributed by atoms with Crippen LogP contribution in [0.25, 0.3) is 0 Å². The summed E-state index contributed by atoms with van der Waals surface area (Å²) in [5, 5.41) is 2.85. The Bertz CT molecular complexity index is 844. The largest absolute Gasteiger partial charge is 0.348 e. The first-order valence-corrected chi connectivity index (χ1v) is 10.1. The molecule has 2 aromatic rings. The monoisotopic (exact) mass is 374 g/mol. The molecular weight excluding hydrogens is 348 g/mol. The average molecular weight is 375 g/mol. The van der Waals surface area contributed by atoms with E-state index in [1.165, 1.54) is 12.6 Å². The molecule has 0 aliphatic carbocycles. The number of likely N-dealkylation sites (N-methyl/N-ethyl adjacent to an activating group) is 1. The molecule has 2 rings (SSSR count). The van der Waals surface area contributed by atoms with E-state index in [1.54, 1.807) is 24.3 Å². The van der Waals surface area contributed by atoms with Gasteiger partial charge in [-0.2, -0.15) is 4.31 Å². The number of rotatable bonds is 7. The van der Waals surface area contributed by atoms with Crippen LogP contribution in [0.5, 0.6) is 0 Å². The van der Waals surface area contributed by atoms with Crippen molar-refractivity contribution in [2.45, 2.75) is 38.1 Å². The molecule has 0 saturated heterocycles. The highest BCUT2D eigenvalue weighted by Gasteiger charge is 2.23. The topological polar surface area (TPSA) is 66.5 Å². The lowest BCUT2D eigenvalue weighted by molar-refractivity contribution is -0.121. The molecule has 1 N–H and O–H groups in total. The van der Waals surface area contributed by atoms with Gasteiger partial charge in [0.25, 0.3) is 0 Å². The van der Waals surface area contributed by atoms with Crippen LogP contribution in [0.3, 0.4) is 0 Å². The van der Waals surface area contributed by atoms with Gasteiger partial charge in [-0.25, -0.2) is 8.42 Å². The molecule has 2 aromatic carbocycles. The van der Waals surface area contributed by atoms with E-state index in [-0.39, 0.29) is 23.4 Å². The molecule has 0 aliphatic heterocycles. The predicted molar refractivity (Wildman–Crippen MR) is 103 cm³/mol. The van der Waals surface area contributed by atoms with E-state index in [0.717, 1.165) is 21.9 Å². The lowest BCUT2D eigenvalue weighted by Gasteiger charge is -2.19. The van der Waals surface area contributed by atoms with Gasteiger partial charge in [0.15, 0.2) is 0 Å². The second-order valence-corrected chi connectivity index (χ2v) is 8.50. The average Bonchev–Trinajstić information content (AvgIpc) is 2.61. The molecule has 1 atom stereocenters. The van der Waals surface area contributed by atoms with Crippen molar-refractivity contribution in [1.82, 2.24) is 9.62 Å². The molecule has 0 heterocycles. The molecule has 5 nitrogen and oxygen atoms in total. The van der Waals surface area contributed by atoms with Crippen LogP contribution >= 0.6 is 0 Å². The number of nitrogens with zero attached hydrogens (tertiary/aromatic N) is 1. The summed E-state index contributed by atoms with van der Waals surface area (Å²) in [4.78, 5) is 12.5. The Kier molecular flexibility index (Phi) is 6.56. The maximum absolute atomic E-state index is 12.6. The molecule has 1 amide bonds. The number of sulfonamides is 1. The van der Waals surface area contributed by atoms with Crippen LogP contribution in [0.15, 0.2) is 53.4 Å². The second kappa shape index (κ2) is 8.47. The van der Waals surface area contributed by atoms with Gasteiger partial charge in [-0.3, -0.25) is 4.79 Å². The molecule has 140 valence electrons. The fourth-order valence-electron chi connectivity index (χ4n) is 2.59. The highest BCUT2D eigenvalue weighted by molar-refractivity contribution is 7.89. The minimum absolute atomic E-state index is 0.182. The molecule has 6 heteroatoms. The zero-order valence-corrected chi connectivity index (χ0v) is 16.5. The van der Waals surface area contributed by atoms with Crippen molar-refractivity contribution in [3.63, 3.8) is 0 Å². The van der Waals surface area contributed by atoms with Gasteiger partial charge < -0.3 is 5.32 Å². The summed E-state index contributed by atoms with van der Waals surface area (Å²) < 4.78 is 26.2. The minimum atomic E-state index is -3.69. The van der Waals surface area contributed by atoms with Gasteiger partial charge in [0.05, 0.1) is 17.5 Å². The van der Waals surface area contributed by atoms with E-state index in [0.29, 0.717) is 0 Å². The molecule has 1 unspecified atom stereocenters. The summed E-state index contributed by atoms with van der Waals surface area (Å²) >= 11 is 0.